The van der Waals surface area contributed by atoms with E-state index < -0.39 is 20.5 Å². The minimum absolute atomic E-state index is 0.00963. The molecular formula is C28H36N4O7S. The lowest BCUT2D eigenvalue weighted by Gasteiger charge is -2.39. The molecule has 2 heterocycles. The van der Waals surface area contributed by atoms with E-state index in [1.54, 1.807) is 31.8 Å². The third-order valence-electron chi connectivity index (χ3n) is 7.28. The van der Waals surface area contributed by atoms with Gasteiger partial charge in [-0.1, -0.05) is 12.1 Å². The maximum Gasteiger partial charge on any atom is 0.265 e. The summed E-state index contributed by atoms with van der Waals surface area (Å²) in [5.41, 5.74) is 3.60. The smallest absolute Gasteiger partial charge is 0.265 e. The van der Waals surface area contributed by atoms with Gasteiger partial charge < -0.3 is 19.1 Å². The number of amides is 1. The van der Waals surface area contributed by atoms with Crippen LogP contribution in [0.5, 0.6) is 11.5 Å². The molecule has 2 aromatic carbocycles. The van der Waals surface area contributed by atoms with Gasteiger partial charge in [-0.15, -0.1) is 0 Å². The molecule has 12 heteroatoms. The van der Waals surface area contributed by atoms with E-state index in [0.29, 0.717) is 51.6 Å². The number of sulfone groups is 1. The predicted molar refractivity (Wildman–Crippen MR) is 148 cm³/mol. The second kappa shape index (κ2) is 13.3. The van der Waals surface area contributed by atoms with Crippen molar-refractivity contribution in [3.63, 3.8) is 0 Å². The van der Waals surface area contributed by atoms with Gasteiger partial charge in [0.1, 0.15) is 11.5 Å². The Labute approximate surface area is 234 Å². The Morgan fingerprint density at radius 1 is 1.02 bits per heavy atom. The minimum Gasteiger partial charge on any atom is -0.497 e. The Kier molecular flexibility index (Phi) is 9.80. The Hall–Kier alpha value is -3.45. The maximum absolute atomic E-state index is 13.6. The number of piperidine rings is 1. The normalized spacial score (nSPS) is 15.5. The number of carbonyl (C=O) groups excluding carboxylic acids is 1. The fourth-order valence-corrected chi connectivity index (χ4v) is 6.83. The van der Waals surface area contributed by atoms with Crippen molar-refractivity contribution in [2.75, 3.05) is 47.1 Å². The van der Waals surface area contributed by atoms with Gasteiger partial charge in [-0.2, -0.15) is 5.10 Å². The topological polar surface area (TPSA) is 132 Å². The largest absolute Gasteiger partial charge is 0.497 e. The van der Waals surface area contributed by atoms with Gasteiger partial charge in [0.25, 0.3) is 5.91 Å². The van der Waals surface area contributed by atoms with Gasteiger partial charge in [0.2, 0.25) is 0 Å². The van der Waals surface area contributed by atoms with Crippen LogP contribution in [0.3, 0.4) is 0 Å². The van der Waals surface area contributed by atoms with E-state index in [4.69, 9.17) is 14.2 Å². The highest BCUT2D eigenvalue weighted by Gasteiger charge is 2.52. The molecule has 0 unspecified atom stereocenters. The standard InChI is InChI=1S/C28H36N4O7S/c1-37-18-16-31-14-11-28(12-15-31,27(33)30-34)40(35,36)26-9-7-24(8-10-26)39-17-4-13-32-21-23(20-29-32)22-5-3-6-25(19-22)38-2/h3,5-10,19-21,34H,4,11-18H2,1-2H3,(H,30,33). The fraction of sp³-hybridized carbons (Fsp3) is 0.429. The number of likely N-dealkylation sites (tertiary alicyclic amines) is 1. The lowest BCUT2D eigenvalue weighted by molar-refractivity contribution is -0.133. The number of methoxy groups -OCH3 is 2. The van der Waals surface area contributed by atoms with Crippen molar-refractivity contribution in [2.45, 2.75) is 35.4 Å². The molecule has 216 valence electrons. The van der Waals surface area contributed by atoms with Crippen LogP contribution in [0.4, 0.5) is 0 Å². The first kappa shape index (κ1) is 29.5. The van der Waals surface area contributed by atoms with Crippen LogP contribution in [0.1, 0.15) is 19.3 Å². The molecule has 11 nitrogen and oxygen atoms in total. The van der Waals surface area contributed by atoms with Crippen LogP contribution in [0.2, 0.25) is 0 Å². The zero-order valence-electron chi connectivity index (χ0n) is 22.8. The Bertz CT molecular complexity index is 1370. The van der Waals surface area contributed by atoms with Crippen molar-refractivity contribution >= 4 is 15.7 Å². The first-order valence-corrected chi connectivity index (χ1v) is 14.6. The number of nitrogens with zero attached hydrogens (tertiary/aromatic N) is 3. The summed E-state index contributed by atoms with van der Waals surface area (Å²) in [7, 11) is -0.850. The van der Waals surface area contributed by atoms with Crippen LogP contribution in [-0.2, 0) is 25.9 Å². The highest BCUT2D eigenvalue weighted by atomic mass is 32.2. The SMILES string of the molecule is COCCN1CCC(C(=O)NO)(S(=O)(=O)c2ccc(OCCCn3cc(-c4cccc(OC)c4)cn3)cc2)CC1. The van der Waals surface area contributed by atoms with E-state index in [1.807, 2.05) is 46.2 Å². The number of hydrogen-bond acceptors (Lipinski definition) is 9. The number of hydrogen-bond donors (Lipinski definition) is 2. The summed E-state index contributed by atoms with van der Waals surface area (Å²) in [6.45, 7) is 3.01. The monoisotopic (exact) mass is 572 g/mol. The molecule has 0 atom stereocenters. The molecule has 3 aromatic rings. The number of aromatic nitrogens is 2. The van der Waals surface area contributed by atoms with Crippen molar-refractivity contribution in [1.82, 2.24) is 20.2 Å². The Balaban J connectivity index is 1.33. The second-order valence-electron chi connectivity index (χ2n) is 9.67. The molecule has 0 spiro atoms. The van der Waals surface area contributed by atoms with Crippen LogP contribution < -0.4 is 15.0 Å². The minimum atomic E-state index is -4.09. The molecular weight excluding hydrogens is 536 g/mol. The molecule has 0 aliphatic carbocycles. The van der Waals surface area contributed by atoms with E-state index in [1.165, 1.54) is 12.1 Å². The number of benzene rings is 2. The molecule has 2 N–H and O–H groups in total. The summed E-state index contributed by atoms with van der Waals surface area (Å²) >= 11 is 0. The van der Waals surface area contributed by atoms with Crippen LogP contribution in [0, 0.1) is 0 Å². The number of rotatable bonds is 13. The van der Waals surface area contributed by atoms with Gasteiger partial charge in [-0.05, 0) is 54.8 Å². The average molecular weight is 573 g/mol. The van der Waals surface area contributed by atoms with E-state index in [-0.39, 0.29) is 17.7 Å². The number of hydroxylamine groups is 1. The molecule has 0 radical (unpaired) electrons. The molecule has 0 saturated carbocycles. The number of ether oxygens (including phenoxy) is 3. The molecule has 1 amide bonds. The summed E-state index contributed by atoms with van der Waals surface area (Å²) in [5, 5.41) is 13.8. The van der Waals surface area contributed by atoms with E-state index in [9.17, 15) is 18.4 Å². The highest BCUT2D eigenvalue weighted by molar-refractivity contribution is 7.93. The average Bonchev–Trinajstić information content (AvgIpc) is 3.47. The van der Waals surface area contributed by atoms with Gasteiger partial charge in [0.15, 0.2) is 14.6 Å². The Morgan fingerprint density at radius 3 is 2.45 bits per heavy atom. The summed E-state index contributed by atoms with van der Waals surface area (Å²) in [5.74, 6) is 0.395. The molecule has 1 aliphatic heterocycles. The van der Waals surface area contributed by atoms with E-state index in [2.05, 4.69) is 5.10 Å². The van der Waals surface area contributed by atoms with Crippen LogP contribution in [-0.4, -0.2) is 86.0 Å². The lowest BCUT2D eigenvalue weighted by Crippen LogP contribution is -2.57. The van der Waals surface area contributed by atoms with Gasteiger partial charge in [0.05, 0.1) is 31.4 Å². The van der Waals surface area contributed by atoms with E-state index >= 15 is 0 Å². The van der Waals surface area contributed by atoms with Gasteiger partial charge in [-0.25, -0.2) is 13.9 Å². The summed E-state index contributed by atoms with van der Waals surface area (Å²) in [4.78, 5) is 14.7. The third kappa shape index (κ3) is 6.47. The summed E-state index contributed by atoms with van der Waals surface area (Å²) in [6, 6.07) is 13.8. The Morgan fingerprint density at radius 2 is 1.77 bits per heavy atom. The van der Waals surface area contributed by atoms with Crippen molar-refractivity contribution in [3.8, 4) is 22.6 Å². The van der Waals surface area contributed by atoms with Gasteiger partial charge >= 0.3 is 0 Å². The van der Waals surface area contributed by atoms with Crippen molar-refractivity contribution < 1.29 is 32.6 Å². The summed E-state index contributed by atoms with van der Waals surface area (Å²) in [6.07, 6.45) is 4.60. The number of nitrogens with one attached hydrogen (secondary N) is 1. The fourth-order valence-electron chi connectivity index (χ4n) is 4.87. The molecule has 1 saturated heterocycles. The van der Waals surface area contributed by atoms with Crippen LogP contribution >= 0.6 is 0 Å². The zero-order valence-corrected chi connectivity index (χ0v) is 23.6. The van der Waals surface area contributed by atoms with Crippen LogP contribution in [0.15, 0.2) is 65.8 Å². The molecule has 4 rings (SSSR count). The predicted octanol–water partition coefficient (Wildman–Crippen LogP) is 2.79. The molecule has 40 heavy (non-hydrogen) atoms. The van der Waals surface area contributed by atoms with Gasteiger partial charge in [0, 0.05) is 51.5 Å². The first-order valence-electron chi connectivity index (χ1n) is 13.1. The third-order valence-corrected chi connectivity index (χ3v) is 9.79. The zero-order chi connectivity index (χ0) is 28.6. The van der Waals surface area contributed by atoms with Crippen molar-refractivity contribution in [3.05, 3.63) is 60.9 Å². The number of carbonyl (C=O) groups is 1. The second-order valence-corrected chi connectivity index (χ2v) is 11.9. The van der Waals surface area contributed by atoms with Crippen LogP contribution in [0.25, 0.3) is 11.1 Å². The quantitative estimate of drug-likeness (QED) is 0.180. The maximum atomic E-state index is 13.6. The molecule has 1 aromatic heterocycles. The number of aryl methyl sites for hydroxylation is 1. The first-order chi connectivity index (χ1) is 19.3. The van der Waals surface area contributed by atoms with E-state index in [0.717, 1.165) is 16.9 Å². The van der Waals surface area contributed by atoms with Gasteiger partial charge in [-0.3, -0.25) is 14.7 Å². The molecule has 0 bridgehead atoms. The molecule has 1 fully saturated rings. The van der Waals surface area contributed by atoms with Crippen molar-refractivity contribution in [1.29, 1.82) is 0 Å². The molecule has 1 aliphatic rings. The van der Waals surface area contributed by atoms with Crippen molar-refractivity contribution in [2.24, 2.45) is 0 Å². The lowest BCUT2D eigenvalue weighted by atomic mass is 9.95. The summed E-state index contributed by atoms with van der Waals surface area (Å²) < 4.78 is 43.6. The highest BCUT2D eigenvalue weighted by Crippen LogP contribution is 2.36.